The summed E-state index contributed by atoms with van der Waals surface area (Å²) >= 11 is 5.91. The predicted octanol–water partition coefficient (Wildman–Crippen LogP) is 3.55. The van der Waals surface area contributed by atoms with Gasteiger partial charge in [-0.25, -0.2) is 9.18 Å². The van der Waals surface area contributed by atoms with E-state index in [0.29, 0.717) is 31.6 Å². The molecule has 6 heteroatoms. The third kappa shape index (κ3) is 5.19. The Balaban J connectivity index is 1.39. The smallest absolute Gasteiger partial charge is 0.317 e. The minimum absolute atomic E-state index is 0.0764. The maximum absolute atomic E-state index is 13.6. The van der Waals surface area contributed by atoms with Gasteiger partial charge < -0.3 is 10.2 Å². The summed E-state index contributed by atoms with van der Waals surface area (Å²) in [5, 5.41) is 3.63. The first-order valence-corrected chi connectivity index (χ1v) is 9.22. The van der Waals surface area contributed by atoms with E-state index in [4.69, 9.17) is 11.6 Å². The number of rotatable bonds is 5. The van der Waals surface area contributed by atoms with Crippen LogP contribution in [0.3, 0.4) is 0 Å². The molecule has 1 aliphatic rings. The van der Waals surface area contributed by atoms with E-state index in [9.17, 15) is 9.18 Å². The van der Waals surface area contributed by atoms with Gasteiger partial charge in [-0.2, -0.15) is 0 Å². The van der Waals surface area contributed by atoms with E-state index in [1.54, 1.807) is 18.2 Å². The molecule has 1 aliphatic heterocycles. The van der Waals surface area contributed by atoms with Gasteiger partial charge in [-0.05, 0) is 35.7 Å². The third-order valence-corrected chi connectivity index (χ3v) is 4.86. The lowest BCUT2D eigenvalue weighted by Gasteiger charge is -2.34. The van der Waals surface area contributed by atoms with Crippen LogP contribution in [0.25, 0.3) is 0 Å². The lowest BCUT2D eigenvalue weighted by atomic mass is 10.1. The second-order valence-electron chi connectivity index (χ2n) is 6.46. The zero-order valence-corrected chi connectivity index (χ0v) is 15.4. The van der Waals surface area contributed by atoms with Gasteiger partial charge in [-0.1, -0.05) is 41.9 Å². The Labute approximate surface area is 158 Å². The molecule has 4 nitrogen and oxygen atoms in total. The molecule has 0 aromatic heterocycles. The summed E-state index contributed by atoms with van der Waals surface area (Å²) in [7, 11) is 0. The van der Waals surface area contributed by atoms with Crippen molar-refractivity contribution < 1.29 is 9.18 Å². The zero-order valence-electron chi connectivity index (χ0n) is 14.6. The molecule has 0 radical (unpaired) electrons. The fourth-order valence-corrected chi connectivity index (χ4v) is 3.20. The van der Waals surface area contributed by atoms with Crippen LogP contribution < -0.4 is 5.32 Å². The predicted molar refractivity (Wildman–Crippen MR) is 102 cm³/mol. The minimum Gasteiger partial charge on any atom is -0.338 e. The average molecular weight is 376 g/mol. The van der Waals surface area contributed by atoms with Gasteiger partial charge in [-0.3, -0.25) is 4.90 Å². The summed E-state index contributed by atoms with van der Waals surface area (Å²) in [5.74, 6) is -0.224. The number of hydrogen-bond acceptors (Lipinski definition) is 2. The number of benzene rings is 2. The molecule has 2 amide bonds. The Kier molecular flexibility index (Phi) is 6.47. The number of piperazine rings is 1. The first-order chi connectivity index (χ1) is 12.6. The first kappa shape index (κ1) is 18.7. The fraction of sp³-hybridized carbons (Fsp3) is 0.350. The number of halogens is 2. The van der Waals surface area contributed by atoms with Crippen molar-refractivity contribution in [1.82, 2.24) is 15.1 Å². The lowest BCUT2D eigenvalue weighted by molar-refractivity contribution is 0.135. The van der Waals surface area contributed by atoms with Crippen molar-refractivity contribution in [3.63, 3.8) is 0 Å². The summed E-state index contributed by atoms with van der Waals surface area (Å²) in [4.78, 5) is 16.4. The molecule has 1 saturated heterocycles. The van der Waals surface area contributed by atoms with Crippen LogP contribution in [-0.2, 0) is 13.0 Å². The van der Waals surface area contributed by atoms with Crippen molar-refractivity contribution in [2.75, 3.05) is 32.7 Å². The highest BCUT2D eigenvalue weighted by molar-refractivity contribution is 6.30. The molecule has 0 unspecified atom stereocenters. The molecule has 0 saturated carbocycles. The van der Waals surface area contributed by atoms with Crippen molar-refractivity contribution in [2.24, 2.45) is 0 Å². The van der Waals surface area contributed by atoms with Crippen molar-refractivity contribution in [3.05, 3.63) is 70.5 Å². The van der Waals surface area contributed by atoms with Gasteiger partial charge in [0.25, 0.3) is 0 Å². The quantitative estimate of drug-likeness (QED) is 0.867. The summed E-state index contributed by atoms with van der Waals surface area (Å²) in [6.07, 6.45) is 0.495. The average Bonchev–Trinajstić information content (AvgIpc) is 2.66. The molecule has 138 valence electrons. The zero-order chi connectivity index (χ0) is 18.4. The summed E-state index contributed by atoms with van der Waals surface area (Å²) in [6, 6.07) is 14.4. The van der Waals surface area contributed by atoms with Gasteiger partial charge in [0.2, 0.25) is 0 Å². The van der Waals surface area contributed by atoms with Crippen molar-refractivity contribution >= 4 is 17.6 Å². The molecule has 0 spiro atoms. The molecular formula is C20H23ClFN3O. The number of carbonyl (C=O) groups is 1. The highest BCUT2D eigenvalue weighted by Gasteiger charge is 2.20. The van der Waals surface area contributed by atoms with Crippen molar-refractivity contribution in [1.29, 1.82) is 0 Å². The number of amides is 2. The molecule has 0 atom stereocenters. The molecule has 0 aliphatic carbocycles. The molecule has 2 aromatic rings. The third-order valence-electron chi connectivity index (χ3n) is 4.61. The van der Waals surface area contributed by atoms with Gasteiger partial charge in [0.1, 0.15) is 5.82 Å². The standard InChI is InChI=1S/C20H23ClFN3O/c21-18-7-5-16(6-8-18)15-24-11-13-25(14-12-24)20(26)23-10-9-17-3-1-2-4-19(17)22/h1-8H,9-15H2,(H,23,26). The van der Waals surface area contributed by atoms with Crippen molar-refractivity contribution in [3.8, 4) is 0 Å². The van der Waals surface area contributed by atoms with Crippen LogP contribution in [0.4, 0.5) is 9.18 Å². The maximum atomic E-state index is 13.6. The Morgan fingerprint density at radius 2 is 1.73 bits per heavy atom. The topological polar surface area (TPSA) is 35.6 Å². The van der Waals surface area contributed by atoms with Crippen LogP contribution in [0.2, 0.25) is 5.02 Å². The number of urea groups is 1. The van der Waals surface area contributed by atoms with E-state index < -0.39 is 0 Å². The van der Waals surface area contributed by atoms with Crippen LogP contribution in [0.15, 0.2) is 48.5 Å². The highest BCUT2D eigenvalue weighted by Crippen LogP contribution is 2.13. The molecule has 0 bridgehead atoms. The van der Waals surface area contributed by atoms with Gasteiger partial charge in [-0.15, -0.1) is 0 Å². The maximum Gasteiger partial charge on any atom is 0.317 e. The highest BCUT2D eigenvalue weighted by atomic mass is 35.5. The van der Waals surface area contributed by atoms with E-state index in [0.717, 1.165) is 24.7 Å². The van der Waals surface area contributed by atoms with Crippen molar-refractivity contribution in [2.45, 2.75) is 13.0 Å². The number of hydrogen-bond donors (Lipinski definition) is 1. The van der Waals surface area contributed by atoms with Crippen LogP contribution in [0.1, 0.15) is 11.1 Å². The first-order valence-electron chi connectivity index (χ1n) is 8.85. The lowest BCUT2D eigenvalue weighted by Crippen LogP contribution is -2.51. The minimum atomic E-state index is -0.224. The van der Waals surface area contributed by atoms with E-state index in [1.165, 1.54) is 11.6 Å². The second kappa shape index (κ2) is 9.01. The second-order valence-corrected chi connectivity index (χ2v) is 6.90. The molecule has 1 N–H and O–H groups in total. The molecule has 1 heterocycles. The molecule has 1 fully saturated rings. The largest absolute Gasteiger partial charge is 0.338 e. The van der Waals surface area contributed by atoms with Gasteiger partial charge in [0.15, 0.2) is 0 Å². The molecule has 3 rings (SSSR count). The molecular weight excluding hydrogens is 353 g/mol. The van der Waals surface area contributed by atoms with Gasteiger partial charge in [0.05, 0.1) is 0 Å². The summed E-state index contributed by atoms with van der Waals surface area (Å²) in [5.41, 5.74) is 1.85. The van der Waals surface area contributed by atoms with Gasteiger partial charge >= 0.3 is 6.03 Å². The van der Waals surface area contributed by atoms with E-state index in [1.807, 2.05) is 29.2 Å². The van der Waals surface area contributed by atoms with Crippen LogP contribution in [0, 0.1) is 5.82 Å². The monoisotopic (exact) mass is 375 g/mol. The summed E-state index contributed by atoms with van der Waals surface area (Å²) in [6.45, 7) is 4.36. The molecule has 26 heavy (non-hydrogen) atoms. The van der Waals surface area contributed by atoms with E-state index in [2.05, 4.69) is 10.2 Å². The number of carbonyl (C=O) groups excluding carboxylic acids is 1. The Morgan fingerprint density at radius 3 is 2.42 bits per heavy atom. The van der Waals surface area contributed by atoms with Crippen LogP contribution in [-0.4, -0.2) is 48.6 Å². The number of nitrogens with one attached hydrogen (secondary N) is 1. The van der Waals surface area contributed by atoms with E-state index in [-0.39, 0.29) is 11.8 Å². The number of nitrogens with zero attached hydrogens (tertiary/aromatic N) is 2. The van der Waals surface area contributed by atoms with Gasteiger partial charge in [0, 0.05) is 44.3 Å². The van der Waals surface area contributed by atoms with Crippen LogP contribution in [0.5, 0.6) is 0 Å². The van der Waals surface area contributed by atoms with Crippen LogP contribution >= 0.6 is 11.6 Å². The fourth-order valence-electron chi connectivity index (χ4n) is 3.07. The normalized spacial score (nSPS) is 15.1. The SMILES string of the molecule is O=C(NCCc1ccccc1F)N1CCN(Cc2ccc(Cl)cc2)CC1. The Bertz CT molecular complexity index is 730. The Hall–Kier alpha value is -2.11. The Morgan fingerprint density at radius 1 is 1.04 bits per heavy atom. The summed E-state index contributed by atoms with van der Waals surface area (Å²) < 4.78 is 13.6. The van der Waals surface area contributed by atoms with E-state index >= 15 is 0 Å². The molecule has 2 aromatic carbocycles.